The van der Waals surface area contributed by atoms with E-state index in [4.69, 9.17) is 4.74 Å². The van der Waals surface area contributed by atoms with E-state index >= 15 is 0 Å². The van der Waals surface area contributed by atoms with Gasteiger partial charge in [0.1, 0.15) is 5.75 Å². The van der Waals surface area contributed by atoms with Gasteiger partial charge in [0.05, 0.1) is 18.6 Å². The van der Waals surface area contributed by atoms with Crippen molar-refractivity contribution in [1.29, 1.82) is 0 Å². The topological polar surface area (TPSA) is 87.7 Å². The van der Waals surface area contributed by atoms with Gasteiger partial charge in [-0.15, -0.1) is 0 Å². The Bertz CT molecular complexity index is 944. The van der Waals surface area contributed by atoms with Crippen LogP contribution in [0.25, 0.3) is 0 Å². The van der Waals surface area contributed by atoms with E-state index in [1.54, 1.807) is 43.5 Å². The summed E-state index contributed by atoms with van der Waals surface area (Å²) < 4.78 is 31.5. The van der Waals surface area contributed by atoms with E-state index in [9.17, 15) is 13.2 Å². The van der Waals surface area contributed by atoms with Gasteiger partial charge in [-0.25, -0.2) is 13.2 Å². The molecule has 8 heteroatoms. The first kappa shape index (κ1) is 19.0. The number of ether oxygens (including phenoxy) is 1. The fourth-order valence-corrected chi connectivity index (χ4v) is 4.65. The summed E-state index contributed by atoms with van der Waals surface area (Å²) in [5, 5.41) is 5.48. The quantitative estimate of drug-likeness (QED) is 0.792. The Hall–Kier alpha value is -2.74. The van der Waals surface area contributed by atoms with E-state index in [0.29, 0.717) is 42.2 Å². The molecule has 0 atom stereocenters. The minimum atomic E-state index is -3.33. The predicted molar refractivity (Wildman–Crippen MR) is 107 cm³/mol. The van der Waals surface area contributed by atoms with E-state index in [1.807, 2.05) is 13.0 Å². The Morgan fingerprint density at radius 3 is 2.59 bits per heavy atom. The van der Waals surface area contributed by atoms with Gasteiger partial charge in [-0.2, -0.15) is 0 Å². The molecule has 144 valence electrons. The SMILES string of the molecule is CCCS(=O)(=O)N1CCc2ccc(NC(=O)Nc3cccc(OC)c3)cc21. The molecule has 0 fully saturated rings. The number of rotatable bonds is 6. The number of amides is 2. The lowest BCUT2D eigenvalue weighted by Crippen LogP contribution is -2.31. The second-order valence-electron chi connectivity index (χ2n) is 6.29. The number of benzene rings is 2. The standard InChI is InChI=1S/C19H23N3O4S/c1-3-11-27(24,25)22-10-9-14-7-8-16(13-18(14)22)21-19(23)20-15-5-4-6-17(12-15)26-2/h4-8,12-13H,3,9-11H2,1-2H3,(H2,20,21,23). The zero-order chi connectivity index (χ0) is 19.4. The molecule has 2 amide bonds. The molecule has 0 bridgehead atoms. The Labute approximate surface area is 159 Å². The maximum absolute atomic E-state index is 12.4. The molecular weight excluding hydrogens is 366 g/mol. The molecule has 0 unspecified atom stereocenters. The van der Waals surface area contributed by atoms with E-state index in [1.165, 1.54) is 4.31 Å². The maximum atomic E-state index is 12.4. The third-order valence-corrected chi connectivity index (χ3v) is 6.30. The number of nitrogens with zero attached hydrogens (tertiary/aromatic N) is 1. The molecule has 2 aromatic rings. The molecule has 7 nitrogen and oxygen atoms in total. The summed E-state index contributed by atoms with van der Waals surface area (Å²) in [4.78, 5) is 12.3. The summed E-state index contributed by atoms with van der Waals surface area (Å²) in [6, 6.07) is 12.0. The van der Waals surface area contributed by atoms with Crippen LogP contribution in [0.15, 0.2) is 42.5 Å². The molecule has 0 aromatic heterocycles. The van der Waals surface area contributed by atoms with Crippen LogP contribution >= 0.6 is 0 Å². The largest absolute Gasteiger partial charge is 0.497 e. The van der Waals surface area contributed by atoms with Gasteiger partial charge in [0.2, 0.25) is 10.0 Å². The van der Waals surface area contributed by atoms with Crippen molar-refractivity contribution < 1.29 is 17.9 Å². The highest BCUT2D eigenvalue weighted by molar-refractivity contribution is 7.92. The van der Waals surface area contributed by atoms with Crippen LogP contribution in [-0.2, 0) is 16.4 Å². The summed E-state index contributed by atoms with van der Waals surface area (Å²) in [7, 11) is -1.78. The molecule has 0 radical (unpaired) electrons. The van der Waals surface area contributed by atoms with E-state index in [0.717, 1.165) is 5.56 Å². The third kappa shape index (κ3) is 4.33. The lowest BCUT2D eigenvalue weighted by atomic mass is 10.1. The number of sulfonamides is 1. The zero-order valence-corrected chi connectivity index (χ0v) is 16.2. The molecule has 1 heterocycles. The molecule has 1 aliphatic rings. The molecule has 2 N–H and O–H groups in total. The van der Waals surface area contributed by atoms with Crippen LogP contribution in [-0.4, -0.2) is 33.9 Å². The zero-order valence-electron chi connectivity index (χ0n) is 15.4. The normalized spacial score (nSPS) is 13.2. The number of carbonyl (C=O) groups excluding carboxylic acids is 1. The van der Waals surface area contributed by atoms with E-state index in [2.05, 4.69) is 10.6 Å². The van der Waals surface area contributed by atoms with E-state index in [-0.39, 0.29) is 5.75 Å². The number of methoxy groups -OCH3 is 1. The second kappa shape index (κ2) is 7.87. The number of urea groups is 1. The van der Waals surface area contributed by atoms with Crippen LogP contribution < -0.4 is 19.7 Å². The Morgan fingerprint density at radius 1 is 1.15 bits per heavy atom. The molecule has 3 rings (SSSR count). The molecule has 0 spiro atoms. The molecule has 0 saturated carbocycles. The van der Waals surface area contributed by atoms with Gasteiger partial charge in [0, 0.05) is 24.0 Å². The van der Waals surface area contributed by atoms with Gasteiger partial charge in [-0.3, -0.25) is 4.31 Å². The first-order valence-corrected chi connectivity index (χ1v) is 10.4. The summed E-state index contributed by atoms with van der Waals surface area (Å²) in [5.41, 5.74) is 2.74. The number of hydrogen-bond donors (Lipinski definition) is 2. The summed E-state index contributed by atoms with van der Waals surface area (Å²) in [6.45, 7) is 2.28. The molecule has 0 aliphatic carbocycles. The first-order chi connectivity index (χ1) is 12.9. The van der Waals surface area contributed by atoms with Crippen molar-refractivity contribution in [1.82, 2.24) is 0 Å². The maximum Gasteiger partial charge on any atom is 0.323 e. The van der Waals surface area contributed by atoms with Crippen molar-refractivity contribution in [2.45, 2.75) is 19.8 Å². The summed E-state index contributed by atoms with van der Waals surface area (Å²) >= 11 is 0. The fraction of sp³-hybridized carbons (Fsp3) is 0.316. The van der Waals surface area contributed by atoms with Crippen molar-refractivity contribution in [2.24, 2.45) is 0 Å². The van der Waals surface area contributed by atoms with Crippen molar-refractivity contribution in [3.63, 3.8) is 0 Å². The van der Waals surface area contributed by atoms with Gasteiger partial charge in [-0.05, 0) is 42.7 Å². The van der Waals surface area contributed by atoms with Crippen LogP contribution in [0, 0.1) is 0 Å². The van der Waals surface area contributed by atoms with Gasteiger partial charge in [0.25, 0.3) is 0 Å². The lowest BCUT2D eigenvalue weighted by Gasteiger charge is -2.19. The Morgan fingerprint density at radius 2 is 1.89 bits per heavy atom. The Kier molecular flexibility index (Phi) is 5.55. The van der Waals surface area contributed by atoms with Gasteiger partial charge in [-0.1, -0.05) is 19.1 Å². The average molecular weight is 389 g/mol. The number of carbonyl (C=O) groups is 1. The van der Waals surface area contributed by atoms with Crippen LogP contribution in [0.2, 0.25) is 0 Å². The molecule has 27 heavy (non-hydrogen) atoms. The van der Waals surface area contributed by atoms with Gasteiger partial charge in [0.15, 0.2) is 0 Å². The van der Waals surface area contributed by atoms with Gasteiger partial charge < -0.3 is 15.4 Å². The van der Waals surface area contributed by atoms with Crippen molar-refractivity contribution >= 4 is 33.1 Å². The van der Waals surface area contributed by atoms with Gasteiger partial charge >= 0.3 is 6.03 Å². The van der Waals surface area contributed by atoms with Crippen LogP contribution in [0.3, 0.4) is 0 Å². The highest BCUT2D eigenvalue weighted by Gasteiger charge is 2.29. The smallest absolute Gasteiger partial charge is 0.323 e. The highest BCUT2D eigenvalue weighted by Crippen LogP contribution is 2.33. The number of anilines is 3. The van der Waals surface area contributed by atoms with Crippen molar-refractivity contribution in [3.8, 4) is 5.75 Å². The molecule has 1 aliphatic heterocycles. The number of fused-ring (bicyclic) bond motifs is 1. The van der Waals surface area contributed by atoms with Crippen molar-refractivity contribution in [3.05, 3.63) is 48.0 Å². The summed E-state index contributed by atoms with van der Waals surface area (Å²) in [6.07, 6.45) is 1.24. The number of hydrogen-bond acceptors (Lipinski definition) is 4. The number of nitrogens with one attached hydrogen (secondary N) is 2. The third-order valence-electron chi connectivity index (χ3n) is 4.32. The van der Waals surface area contributed by atoms with Crippen LogP contribution in [0.1, 0.15) is 18.9 Å². The lowest BCUT2D eigenvalue weighted by molar-refractivity contribution is 0.262. The van der Waals surface area contributed by atoms with Crippen LogP contribution in [0.5, 0.6) is 5.75 Å². The predicted octanol–water partition coefficient (Wildman–Crippen LogP) is 3.44. The Balaban J connectivity index is 1.74. The molecule has 2 aromatic carbocycles. The summed E-state index contributed by atoms with van der Waals surface area (Å²) in [5.74, 6) is 0.752. The highest BCUT2D eigenvalue weighted by atomic mass is 32.2. The average Bonchev–Trinajstić information content (AvgIpc) is 3.06. The first-order valence-electron chi connectivity index (χ1n) is 8.78. The molecular formula is C19H23N3O4S. The minimum absolute atomic E-state index is 0.112. The monoisotopic (exact) mass is 389 g/mol. The minimum Gasteiger partial charge on any atom is -0.497 e. The van der Waals surface area contributed by atoms with Crippen LogP contribution in [0.4, 0.5) is 21.9 Å². The fourth-order valence-electron chi connectivity index (χ4n) is 3.08. The molecule has 0 saturated heterocycles. The van der Waals surface area contributed by atoms with Crippen molar-refractivity contribution in [2.75, 3.05) is 34.3 Å². The van der Waals surface area contributed by atoms with E-state index < -0.39 is 16.1 Å². The second-order valence-corrected chi connectivity index (χ2v) is 8.31.